The number of benzene rings is 4. The highest BCUT2D eigenvalue weighted by molar-refractivity contribution is 7.20. The van der Waals surface area contributed by atoms with Crippen LogP contribution in [0.3, 0.4) is 0 Å². The smallest absolute Gasteiger partial charge is 0.181 e. The van der Waals surface area contributed by atoms with Gasteiger partial charge in [0.1, 0.15) is 36.2 Å². The molecule has 1 aliphatic carbocycles. The summed E-state index contributed by atoms with van der Waals surface area (Å²) in [6.07, 6.45) is 27.0. The zero-order valence-corrected chi connectivity index (χ0v) is 71.7. The predicted molar refractivity (Wildman–Crippen MR) is 460 cm³/mol. The van der Waals surface area contributed by atoms with Crippen LogP contribution in [0, 0.1) is 54.3 Å². The van der Waals surface area contributed by atoms with Gasteiger partial charge in [-0.1, -0.05) is 229 Å². The van der Waals surface area contributed by atoms with Crippen LogP contribution in [-0.2, 0) is 19.4 Å². The summed E-state index contributed by atoms with van der Waals surface area (Å²) in [6.45, 7) is 42.7. The molecule has 4 aromatic carbocycles. The maximum atomic E-state index is 7.99. The van der Waals surface area contributed by atoms with Gasteiger partial charge in [-0.3, -0.25) is 0 Å². The molecule has 0 fully saturated rings. The molecular weight excluding hydrogens is 1390 g/mol. The first-order valence-corrected chi connectivity index (χ1v) is 45.1. The Morgan fingerprint density at radius 2 is 0.870 bits per heavy atom. The minimum Gasteiger partial charge on any atom is -0.493 e. The van der Waals surface area contributed by atoms with Crippen LogP contribution in [0.15, 0.2) is 84.9 Å². The molecule has 108 heavy (non-hydrogen) atoms. The van der Waals surface area contributed by atoms with Gasteiger partial charge in [0, 0.05) is 55.1 Å². The van der Waals surface area contributed by atoms with E-state index in [-0.39, 0.29) is 10.8 Å². The molecule has 0 saturated carbocycles. The normalized spacial score (nSPS) is 15.9. The van der Waals surface area contributed by atoms with E-state index in [1.807, 2.05) is 22.7 Å². The second kappa shape index (κ2) is 39.2. The molecule has 2 aliphatic heterocycles. The highest BCUT2D eigenvalue weighted by Crippen LogP contribution is 2.61. The van der Waals surface area contributed by atoms with E-state index in [2.05, 4.69) is 200 Å². The minimum atomic E-state index is -0.114. The summed E-state index contributed by atoms with van der Waals surface area (Å²) in [7, 11) is 0. The number of thiophene rings is 3. The molecule has 0 radical (unpaired) electrons. The fraction of sp³-hybridized carbons (Fsp3) is 0.583. The van der Waals surface area contributed by atoms with Gasteiger partial charge in [-0.2, -0.15) is 0 Å². The van der Waals surface area contributed by atoms with Gasteiger partial charge in [0.25, 0.3) is 0 Å². The van der Waals surface area contributed by atoms with Crippen molar-refractivity contribution in [3.8, 4) is 121 Å². The Morgan fingerprint density at radius 3 is 1.44 bits per heavy atom. The number of para-hydroxylation sites is 1. The fourth-order valence-corrected chi connectivity index (χ4v) is 19.9. The number of hydrogen-bond donors (Lipinski definition) is 0. The van der Waals surface area contributed by atoms with Crippen LogP contribution in [0.4, 0.5) is 0 Å². The van der Waals surface area contributed by atoms with Crippen molar-refractivity contribution >= 4 is 34.0 Å². The number of fused-ring (bicyclic) bond motifs is 3. The van der Waals surface area contributed by atoms with Crippen LogP contribution >= 0.6 is 34.0 Å². The summed E-state index contributed by atoms with van der Waals surface area (Å²) in [5, 5.41) is 0. The summed E-state index contributed by atoms with van der Waals surface area (Å²) < 4.78 is 59.9. The third-order valence-corrected chi connectivity index (χ3v) is 27.4. The number of nitrogens with zero attached hydrogens (tertiary/aromatic N) is 1. The third-order valence-electron chi connectivity index (χ3n) is 23.8. The van der Waals surface area contributed by atoms with E-state index in [0.717, 1.165) is 204 Å². The highest BCUT2D eigenvalue weighted by atomic mass is 32.1. The Labute approximate surface area is 663 Å². The zero-order chi connectivity index (χ0) is 76.5. The first kappa shape index (κ1) is 82.6. The Hall–Kier alpha value is -6.34. The average Bonchev–Trinajstić information content (AvgIpc) is 1.55. The molecule has 0 amide bonds. The third kappa shape index (κ3) is 19.7. The van der Waals surface area contributed by atoms with Gasteiger partial charge in [0.05, 0.1) is 70.5 Å². The van der Waals surface area contributed by atoms with E-state index in [1.165, 1.54) is 99.0 Å². The van der Waals surface area contributed by atoms with E-state index >= 15 is 0 Å². The Bertz CT molecular complexity index is 4180. The van der Waals surface area contributed by atoms with Gasteiger partial charge in [-0.25, -0.2) is 0 Å². The first-order valence-electron chi connectivity index (χ1n) is 42.6. The van der Waals surface area contributed by atoms with Crippen LogP contribution in [0.2, 0.25) is 0 Å². The SMILES string of the molecule is CCCCC(CC)COc1ccc(C)cc1-c1cc(-c2sc(-c3ccc(-c4sc(-c5ccc(-c6sc(C)c7c6OCC(C)(C)CO7)n5CC(CC)CCCC)c5c4CCC(C)(C)CC5)c(OCC(CC)CCCC)c3-c3ccccc3OCC(CC)CCCC)c3c2OCCO3)ccc1OCC(CC)CCCC. The largest absolute Gasteiger partial charge is 0.493 e. The van der Waals surface area contributed by atoms with Crippen molar-refractivity contribution in [2.24, 2.45) is 40.4 Å². The molecule has 0 bridgehead atoms. The maximum Gasteiger partial charge on any atom is 0.181 e. The number of unbranched alkanes of at least 4 members (excludes halogenated alkanes) is 5. The molecule has 12 heteroatoms. The summed E-state index contributed by atoms with van der Waals surface area (Å²) in [6, 6.07) is 32.1. The molecule has 8 aromatic rings. The average molecular weight is 1530 g/mol. The number of hydrogen-bond acceptors (Lipinski definition) is 11. The van der Waals surface area contributed by atoms with E-state index < -0.39 is 0 Å². The summed E-state index contributed by atoms with van der Waals surface area (Å²) in [4.78, 5) is 7.06. The van der Waals surface area contributed by atoms with Crippen LogP contribution in [-0.4, -0.2) is 57.4 Å². The highest BCUT2D eigenvalue weighted by Gasteiger charge is 2.37. The zero-order valence-electron chi connectivity index (χ0n) is 69.2. The van der Waals surface area contributed by atoms with Crippen molar-refractivity contribution in [3.05, 3.63) is 106 Å². The molecule has 11 rings (SSSR count). The van der Waals surface area contributed by atoms with E-state index in [0.29, 0.717) is 82.4 Å². The fourth-order valence-electron chi connectivity index (χ4n) is 16.2. The summed E-state index contributed by atoms with van der Waals surface area (Å²) in [5.41, 5.74) is 14.0. The molecule has 0 spiro atoms. The van der Waals surface area contributed by atoms with Crippen molar-refractivity contribution in [2.75, 3.05) is 52.9 Å². The minimum absolute atomic E-state index is 0.114. The molecule has 5 unspecified atom stereocenters. The lowest BCUT2D eigenvalue weighted by molar-refractivity contribution is 0.140. The second-order valence-electron chi connectivity index (χ2n) is 33.5. The van der Waals surface area contributed by atoms with Crippen molar-refractivity contribution in [3.63, 3.8) is 0 Å². The van der Waals surface area contributed by atoms with Gasteiger partial charge in [0.15, 0.2) is 23.0 Å². The standard InChI is InChI=1S/C96H133NO8S3/c1-17-27-34-66(22-6)57-97-79(45-46-80(97)94-87-85(65(12)106-94)104-62-96(15,16)63-105-87)92-73-50-52-95(13,14)51-49-72(73)91(108-92)76-44-43-75(84(86(76)103-61-70(26-10)38-31-21-5)74-39-32-33-40-81(74)100-58-67(23-7)35-28-18-2)93-89-88(98-53-54-99-89)90(107-93)71-42-48-83(102-60-69(25-9)37-30-20-4)78(56-71)77-55-64(11)41-47-82(77)101-59-68(24-8)36-29-19-3/h32-33,39-48,55-56,66-70H,17-31,34-38,49-54,57-63H2,1-16H3. The lowest BCUT2D eigenvalue weighted by atomic mass is 9.84. The van der Waals surface area contributed by atoms with Gasteiger partial charge in [0.2, 0.25) is 0 Å². The molecular formula is C96H133NO8S3. The van der Waals surface area contributed by atoms with Crippen molar-refractivity contribution in [1.29, 1.82) is 0 Å². The van der Waals surface area contributed by atoms with Gasteiger partial charge < -0.3 is 42.5 Å². The number of rotatable bonds is 41. The Kier molecular flexibility index (Phi) is 30.0. The first-order chi connectivity index (χ1) is 52.4. The molecule has 9 nitrogen and oxygen atoms in total. The predicted octanol–water partition coefficient (Wildman–Crippen LogP) is 29.0. The van der Waals surface area contributed by atoms with Crippen molar-refractivity contribution in [1.82, 2.24) is 4.57 Å². The van der Waals surface area contributed by atoms with Gasteiger partial charge in [-0.15, -0.1) is 34.0 Å². The number of aryl methyl sites for hydroxylation is 2. The molecule has 0 N–H and O–H groups in total. The van der Waals surface area contributed by atoms with E-state index in [1.54, 1.807) is 11.3 Å². The van der Waals surface area contributed by atoms with Crippen LogP contribution in [0.25, 0.3) is 74.7 Å². The maximum absolute atomic E-state index is 7.99. The van der Waals surface area contributed by atoms with E-state index in [9.17, 15) is 0 Å². The summed E-state index contributed by atoms with van der Waals surface area (Å²) in [5.74, 6) is 9.11. The van der Waals surface area contributed by atoms with Crippen molar-refractivity contribution in [2.45, 2.75) is 271 Å². The number of ether oxygens (including phenoxy) is 8. The van der Waals surface area contributed by atoms with Crippen molar-refractivity contribution < 1.29 is 37.9 Å². The van der Waals surface area contributed by atoms with Crippen LogP contribution < -0.4 is 37.9 Å². The summed E-state index contributed by atoms with van der Waals surface area (Å²) >= 11 is 5.60. The van der Waals surface area contributed by atoms with Crippen LogP contribution in [0.5, 0.6) is 46.0 Å². The molecule has 6 heterocycles. The van der Waals surface area contributed by atoms with E-state index in [4.69, 9.17) is 37.9 Å². The Morgan fingerprint density at radius 1 is 0.407 bits per heavy atom. The quantitative estimate of drug-likeness (QED) is 0.0351. The van der Waals surface area contributed by atoms with Gasteiger partial charge in [-0.05, 0) is 178 Å². The monoisotopic (exact) mass is 1520 g/mol. The Balaban J connectivity index is 1.17. The number of aromatic nitrogens is 1. The second-order valence-corrected chi connectivity index (χ2v) is 36.8. The molecule has 0 saturated heterocycles. The molecule has 5 atom stereocenters. The lowest BCUT2D eigenvalue weighted by Crippen LogP contribution is -2.26. The molecule has 3 aliphatic rings. The van der Waals surface area contributed by atoms with Gasteiger partial charge >= 0.3 is 0 Å². The lowest BCUT2D eigenvalue weighted by Gasteiger charge is -2.25. The van der Waals surface area contributed by atoms with Crippen LogP contribution in [0.1, 0.15) is 260 Å². The molecule has 4 aromatic heterocycles. The topological polar surface area (TPSA) is 78.8 Å². The molecule has 588 valence electrons.